The van der Waals surface area contributed by atoms with Crippen LogP contribution in [0.25, 0.3) is 0 Å². The number of furan rings is 1. The van der Waals surface area contributed by atoms with E-state index in [-0.39, 0.29) is 11.9 Å². The van der Waals surface area contributed by atoms with Crippen LogP contribution in [0, 0.1) is 5.82 Å². The van der Waals surface area contributed by atoms with Gasteiger partial charge in [0.25, 0.3) is 0 Å². The van der Waals surface area contributed by atoms with Gasteiger partial charge in [0.05, 0.1) is 25.1 Å². The van der Waals surface area contributed by atoms with Gasteiger partial charge in [0.15, 0.2) is 0 Å². The number of rotatable bonds is 5. The molecule has 0 aliphatic heterocycles. The van der Waals surface area contributed by atoms with Crippen molar-refractivity contribution in [2.75, 3.05) is 12.4 Å². The molecule has 96 valence electrons. The van der Waals surface area contributed by atoms with Gasteiger partial charge in [-0.2, -0.15) is 0 Å². The van der Waals surface area contributed by atoms with Gasteiger partial charge in [-0.05, 0) is 30.7 Å². The van der Waals surface area contributed by atoms with Gasteiger partial charge in [-0.25, -0.2) is 4.39 Å². The van der Waals surface area contributed by atoms with Crippen molar-refractivity contribution in [3.63, 3.8) is 0 Å². The van der Waals surface area contributed by atoms with Crippen LogP contribution in [0.15, 0.2) is 41.0 Å². The number of benzene rings is 1. The molecule has 0 fully saturated rings. The summed E-state index contributed by atoms with van der Waals surface area (Å²) in [5, 5.41) is 3.13. The minimum Gasteiger partial charge on any atom is -0.497 e. The lowest BCUT2D eigenvalue weighted by atomic mass is 10.1. The molecule has 0 aliphatic rings. The first-order valence-corrected chi connectivity index (χ1v) is 5.88. The average molecular weight is 249 g/mol. The Morgan fingerprint density at radius 2 is 2.22 bits per heavy atom. The minimum atomic E-state index is -0.305. The van der Waals surface area contributed by atoms with Gasteiger partial charge in [-0.3, -0.25) is 0 Å². The third-order valence-electron chi connectivity index (χ3n) is 2.80. The van der Waals surface area contributed by atoms with E-state index in [1.165, 1.54) is 6.07 Å². The minimum absolute atomic E-state index is 0.0541. The van der Waals surface area contributed by atoms with Crippen LogP contribution in [0.5, 0.6) is 5.75 Å². The van der Waals surface area contributed by atoms with E-state index in [0.29, 0.717) is 11.4 Å². The van der Waals surface area contributed by atoms with Crippen molar-refractivity contribution in [1.29, 1.82) is 0 Å². The van der Waals surface area contributed by atoms with Gasteiger partial charge < -0.3 is 14.5 Å². The third-order valence-corrected chi connectivity index (χ3v) is 2.80. The predicted octanol–water partition coefficient (Wildman–Crippen LogP) is 3.99. The molecule has 4 heteroatoms. The maximum Gasteiger partial charge on any atom is 0.146 e. The Morgan fingerprint density at radius 1 is 1.39 bits per heavy atom. The van der Waals surface area contributed by atoms with Crippen LogP contribution in [-0.4, -0.2) is 7.11 Å². The smallest absolute Gasteiger partial charge is 0.146 e. The van der Waals surface area contributed by atoms with Crippen LogP contribution < -0.4 is 10.1 Å². The van der Waals surface area contributed by atoms with Gasteiger partial charge in [-0.1, -0.05) is 6.92 Å². The summed E-state index contributed by atoms with van der Waals surface area (Å²) >= 11 is 0. The molecular weight excluding hydrogens is 233 g/mol. The monoisotopic (exact) mass is 249 g/mol. The second kappa shape index (κ2) is 5.58. The Hall–Kier alpha value is -1.97. The molecule has 1 heterocycles. The molecule has 2 aromatic rings. The van der Waals surface area contributed by atoms with Crippen molar-refractivity contribution < 1.29 is 13.5 Å². The zero-order chi connectivity index (χ0) is 13.0. The van der Waals surface area contributed by atoms with Gasteiger partial charge >= 0.3 is 0 Å². The molecule has 0 aliphatic carbocycles. The molecule has 1 aromatic heterocycles. The Morgan fingerprint density at radius 3 is 2.83 bits per heavy atom. The van der Waals surface area contributed by atoms with Gasteiger partial charge in [0.1, 0.15) is 17.3 Å². The first-order valence-electron chi connectivity index (χ1n) is 5.88. The average Bonchev–Trinajstić information content (AvgIpc) is 2.91. The van der Waals surface area contributed by atoms with E-state index in [0.717, 1.165) is 12.2 Å². The zero-order valence-electron chi connectivity index (χ0n) is 10.4. The highest BCUT2D eigenvalue weighted by atomic mass is 19.1. The third kappa shape index (κ3) is 2.64. The Kier molecular flexibility index (Phi) is 3.87. The highest BCUT2D eigenvalue weighted by molar-refractivity contribution is 5.50. The van der Waals surface area contributed by atoms with Crippen molar-refractivity contribution in [1.82, 2.24) is 0 Å². The first kappa shape index (κ1) is 12.5. The summed E-state index contributed by atoms with van der Waals surface area (Å²) in [6.07, 6.45) is 2.41. The van der Waals surface area contributed by atoms with Crippen LogP contribution in [0.4, 0.5) is 10.1 Å². The highest BCUT2D eigenvalue weighted by Gasteiger charge is 2.14. The normalized spacial score (nSPS) is 12.2. The fourth-order valence-corrected chi connectivity index (χ4v) is 1.79. The maximum atomic E-state index is 13.7. The van der Waals surface area contributed by atoms with Gasteiger partial charge in [-0.15, -0.1) is 0 Å². The summed E-state index contributed by atoms with van der Waals surface area (Å²) in [6, 6.07) is 8.26. The lowest BCUT2D eigenvalue weighted by Crippen LogP contribution is -2.10. The number of hydrogen-bond acceptors (Lipinski definition) is 3. The lowest BCUT2D eigenvalue weighted by Gasteiger charge is -2.17. The summed E-state index contributed by atoms with van der Waals surface area (Å²) in [4.78, 5) is 0. The summed E-state index contributed by atoms with van der Waals surface area (Å²) in [7, 11) is 1.56. The maximum absolute atomic E-state index is 13.7. The van der Waals surface area contributed by atoms with Crippen molar-refractivity contribution >= 4 is 5.69 Å². The standard InChI is InChI=1S/C14H16FNO2/c1-3-12(14-5-4-8-18-14)16-13-9-10(17-2)6-7-11(13)15/h4-9,12,16H,3H2,1-2H3. The molecular formula is C14H16FNO2. The molecule has 0 saturated carbocycles. The molecule has 0 spiro atoms. The molecule has 1 atom stereocenters. The molecule has 0 radical (unpaired) electrons. The number of anilines is 1. The Balaban J connectivity index is 2.21. The molecule has 2 rings (SSSR count). The van der Waals surface area contributed by atoms with Crippen LogP contribution in [0.3, 0.4) is 0 Å². The van der Waals surface area contributed by atoms with E-state index in [2.05, 4.69) is 5.32 Å². The molecule has 0 bridgehead atoms. The van der Waals surface area contributed by atoms with E-state index < -0.39 is 0 Å². The fraction of sp³-hybridized carbons (Fsp3) is 0.286. The molecule has 1 N–H and O–H groups in total. The number of nitrogens with one attached hydrogen (secondary N) is 1. The molecule has 1 unspecified atom stereocenters. The van der Waals surface area contributed by atoms with E-state index in [4.69, 9.17) is 9.15 Å². The molecule has 18 heavy (non-hydrogen) atoms. The van der Waals surface area contributed by atoms with Crippen LogP contribution in [0.2, 0.25) is 0 Å². The number of halogens is 1. The summed E-state index contributed by atoms with van der Waals surface area (Å²) < 4.78 is 24.1. The van der Waals surface area contributed by atoms with E-state index in [1.807, 2.05) is 19.1 Å². The van der Waals surface area contributed by atoms with Crippen molar-refractivity contribution in [2.24, 2.45) is 0 Å². The van der Waals surface area contributed by atoms with Gasteiger partial charge in [0.2, 0.25) is 0 Å². The van der Waals surface area contributed by atoms with E-state index in [9.17, 15) is 4.39 Å². The number of ether oxygens (including phenoxy) is 1. The lowest BCUT2D eigenvalue weighted by molar-refractivity contribution is 0.413. The number of methoxy groups -OCH3 is 1. The Labute approximate surface area is 106 Å². The summed E-state index contributed by atoms with van der Waals surface area (Å²) in [5.74, 6) is 1.11. The fourth-order valence-electron chi connectivity index (χ4n) is 1.79. The predicted molar refractivity (Wildman–Crippen MR) is 68.3 cm³/mol. The van der Waals surface area contributed by atoms with Crippen LogP contribution in [-0.2, 0) is 0 Å². The second-order valence-electron chi connectivity index (χ2n) is 3.97. The largest absolute Gasteiger partial charge is 0.497 e. The summed E-state index contributed by atoms with van der Waals surface area (Å²) in [5.41, 5.74) is 0.414. The molecule has 0 saturated heterocycles. The summed E-state index contributed by atoms with van der Waals surface area (Å²) in [6.45, 7) is 2.01. The van der Waals surface area contributed by atoms with E-state index >= 15 is 0 Å². The molecule has 1 aromatic carbocycles. The SMILES string of the molecule is CCC(Nc1cc(OC)ccc1F)c1ccco1. The van der Waals surface area contributed by atoms with Crippen molar-refractivity contribution in [3.05, 3.63) is 48.2 Å². The Bertz CT molecular complexity index is 497. The molecule has 0 amide bonds. The van der Waals surface area contributed by atoms with Crippen LogP contribution in [0.1, 0.15) is 25.1 Å². The second-order valence-corrected chi connectivity index (χ2v) is 3.97. The zero-order valence-corrected chi connectivity index (χ0v) is 10.4. The first-order chi connectivity index (χ1) is 8.74. The molecule has 3 nitrogen and oxygen atoms in total. The van der Waals surface area contributed by atoms with Crippen molar-refractivity contribution in [3.8, 4) is 5.75 Å². The number of hydrogen-bond donors (Lipinski definition) is 1. The van der Waals surface area contributed by atoms with Gasteiger partial charge in [0, 0.05) is 6.07 Å². The van der Waals surface area contributed by atoms with E-state index in [1.54, 1.807) is 25.5 Å². The van der Waals surface area contributed by atoms with Crippen molar-refractivity contribution in [2.45, 2.75) is 19.4 Å². The quantitative estimate of drug-likeness (QED) is 0.870. The highest BCUT2D eigenvalue weighted by Crippen LogP contribution is 2.27. The topological polar surface area (TPSA) is 34.4 Å². The van der Waals surface area contributed by atoms with Crippen LogP contribution >= 0.6 is 0 Å².